The maximum Gasteiger partial charge on any atom is 0.417 e. The molecule has 3 aromatic rings. The molecule has 1 atom stereocenters. The van der Waals surface area contributed by atoms with E-state index < -0.39 is 18.0 Å². The predicted molar refractivity (Wildman–Crippen MR) is 206 cm³/mol. The van der Waals surface area contributed by atoms with Gasteiger partial charge in [-0.3, -0.25) is 14.6 Å². The lowest BCUT2D eigenvalue weighted by atomic mass is 9.78. The molecule has 0 unspecified atom stereocenters. The first-order valence-electron chi connectivity index (χ1n) is 20.0. The quantitative estimate of drug-likeness (QED) is 0.274. The lowest BCUT2D eigenvalue weighted by Crippen LogP contribution is -2.52. The molecule has 0 radical (unpaired) electrons. The third kappa shape index (κ3) is 9.17. The first-order chi connectivity index (χ1) is 26.6. The normalized spacial score (nSPS) is 19.8. The van der Waals surface area contributed by atoms with Crippen LogP contribution in [0.15, 0.2) is 45.6 Å². The van der Waals surface area contributed by atoms with Crippen molar-refractivity contribution >= 4 is 40.8 Å². The number of nitrogens with one attached hydrogen (secondary N) is 2. The van der Waals surface area contributed by atoms with Crippen molar-refractivity contribution < 1.29 is 33.1 Å². The van der Waals surface area contributed by atoms with Gasteiger partial charge in [0.2, 0.25) is 0 Å². The van der Waals surface area contributed by atoms with Crippen LogP contribution in [0, 0.1) is 18.8 Å². The van der Waals surface area contributed by atoms with Crippen LogP contribution in [0.5, 0.6) is 0 Å². The van der Waals surface area contributed by atoms with Gasteiger partial charge in [-0.05, 0) is 113 Å². The van der Waals surface area contributed by atoms with E-state index in [9.17, 15) is 24.0 Å². The van der Waals surface area contributed by atoms with Crippen molar-refractivity contribution in [3.8, 4) is 0 Å². The van der Waals surface area contributed by atoms with Gasteiger partial charge in [0, 0.05) is 57.4 Å². The minimum atomic E-state index is -1.05. The third-order valence-electron chi connectivity index (χ3n) is 12.1. The van der Waals surface area contributed by atoms with E-state index in [1.165, 1.54) is 0 Å². The van der Waals surface area contributed by atoms with Crippen molar-refractivity contribution in [2.45, 2.75) is 83.8 Å². The number of likely N-dealkylation sites (tertiary alicyclic amines) is 3. The second-order valence-electron chi connectivity index (χ2n) is 15.5. The molecule has 0 aliphatic carbocycles. The van der Waals surface area contributed by atoms with Crippen molar-refractivity contribution in [2.75, 3.05) is 64.3 Å². The summed E-state index contributed by atoms with van der Waals surface area (Å²) >= 11 is 0. The van der Waals surface area contributed by atoms with E-state index in [0.717, 1.165) is 74.1 Å². The van der Waals surface area contributed by atoms with E-state index in [2.05, 4.69) is 15.2 Å². The third-order valence-corrected chi connectivity index (χ3v) is 12.1. The van der Waals surface area contributed by atoms with Crippen molar-refractivity contribution in [3.05, 3.63) is 63.6 Å². The number of aromatic amines is 1. The van der Waals surface area contributed by atoms with Gasteiger partial charge < -0.3 is 38.8 Å². The lowest BCUT2D eigenvalue weighted by molar-refractivity contribution is -0.144. The molecule has 4 aliphatic rings. The molecule has 14 heteroatoms. The Hall–Kier alpha value is -4.85. The van der Waals surface area contributed by atoms with Crippen LogP contribution >= 0.6 is 0 Å². The highest BCUT2D eigenvalue weighted by molar-refractivity contribution is 5.91. The molecular formula is C41H54N6O8. The number of anilines is 1. The Kier molecular flexibility index (Phi) is 12.1. The molecule has 0 saturated carbocycles. The number of H-pyrrole nitrogens is 1. The molecule has 5 heterocycles. The number of benzene rings is 2. The number of carbonyl (C=O) groups excluding carboxylic acids is 4. The summed E-state index contributed by atoms with van der Waals surface area (Å²) < 4.78 is 16.5. The number of nitrogens with zero attached hydrogens (tertiary/aromatic N) is 4. The summed E-state index contributed by atoms with van der Waals surface area (Å²) in [6.45, 7) is 9.36. The highest BCUT2D eigenvalue weighted by atomic mass is 16.6. The van der Waals surface area contributed by atoms with Crippen LogP contribution in [-0.2, 0) is 31.9 Å². The van der Waals surface area contributed by atoms with E-state index in [0.29, 0.717) is 81.5 Å². The number of urea groups is 1. The molecule has 2 N–H and O–H groups in total. The second-order valence-corrected chi connectivity index (χ2v) is 15.5. The number of rotatable bonds is 10. The standard InChI is InChI=1S/C41H54N6O8/c1-3-53-36(48)15-18-44-16-8-29(9-17-44)30-10-19-45(20-11-30)38(49)35(26-28-24-27(2)37-34(25-28)54-40(51)43-37)55-41(52)46-21-13-32(14-22-46)47-23-12-31-6-4-5-7-33(31)42-39(47)50/h4-7,24-25,29-30,32,35H,3,8-23,26H2,1-2H3,(H,42,50)(H,43,51)/t35-/m1/s1. The number of hydrogen-bond acceptors (Lipinski definition) is 9. The van der Waals surface area contributed by atoms with Gasteiger partial charge in [-0.2, -0.15) is 0 Å². The van der Waals surface area contributed by atoms with Crippen LogP contribution in [0.3, 0.4) is 0 Å². The fourth-order valence-electron chi connectivity index (χ4n) is 9.03. The number of carbonyl (C=O) groups is 4. The number of oxazole rings is 1. The molecule has 4 amide bonds. The zero-order valence-electron chi connectivity index (χ0n) is 32.1. The van der Waals surface area contributed by atoms with Crippen LogP contribution in [0.1, 0.15) is 68.6 Å². The van der Waals surface area contributed by atoms with Crippen LogP contribution in [0.25, 0.3) is 11.1 Å². The average molecular weight is 759 g/mol. The topological polar surface area (TPSA) is 158 Å². The molecule has 0 bridgehead atoms. The number of amides is 4. The highest BCUT2D eigenvalue weighted by Crippen LogP contribution is 2.33. The molecule has 4 aliphatic heterocycles. The number of piperidine rings is 3. The smallest absolute Gasteiger partial charge is 0.417 e. The lowest BCUT2D eigenvalue weighted by Gasteiger charge is -2.41. The van der Waals surface area contributed by atoms with E-state index in [1.54, 1.807) is 11.0 Å². The fourth-order valence-corrected chi connectivity index (χ4v) is 9.03. The van der Waals surface area contributed by atoms with Gasteiger partial charge in [0.25, 0.3) is 5.91 Å². The maximum atomic E-state index is 14.2. The van der Waals surface area contributed by atoms with E-state index in [1.807, 2.05) is 54.0 Å². The van der Waals surface area contributed by atoms with Gasteiger partial charge >= 0.3 is 23.8 Å². The molecule has 3 fully saturated rings. The second kappa shape index (κ2) is 17.3. The predicted octanol–water partition coefficient (Wildman–Crippen LogP) is 4.94. The maximum absolute atomic E-state index is 14.2. The number of hydrogen-bond donors (Lipinski definition) is 2. The Bertz CT molecular complexity index is 1900. The minimum Gasteiger partial charge on any atom is -0.466 e. The largest absolute Gasteiger partial charge is 0.466 e. The minimum absolute atomic E-state index is 0.0142. The Morgan fingerprint density at radius 1 is 0.891 bits per heavy atom. The van der Waals surface area contributed by atoms with Gasteiger partial charge in [0.05, 0.1) is 18.5 Å². The monoisotopic (exact) mass is 758 g/mol. The number of fused-ring (bicyclic) bond motifs is 2. The summed E-state index contributed by atoms with van der Waals surface area (Å²) in [6.07, 6.45) is 4.88. The first kappa shape index (κ1) is 38.4. The summed E-state index contributed by atoms with van der Waals surface area (Å²) in [7, 11) is 0. The van der Waals surface area contributed by atoms with Gasteiger partial charge in [0.1, 0.15) is 0 Å². The molecule has 296 valence electrons. The van der Waals surface area contributed by atoms with Crippen LogP contribution in [0.2, 0.25) is 0 Å². The average Bonchev–Trinajstić information content (AvgIpc) is 3.49. The Morgan fingerprint density at radius 3 is 2.31 bits per heavy atom. The fraction of sp³-hybridized carbons (Fsp3) is 0.585. The van der Waals surface area contributed by atoms with Crippen molar-refractivity contribution in [1.82, 2.24) is 24.6 Å². The SMILES string of the molecule is CCOC(=O)CCN1CCC(C2CCN(C(=O)[C@@H](Cc3cc(C)c4[nH]c(=O)oc4c3)OC(=O)N3CCC(N4CCc5ccccc5NC4=O)CC3)CC2)CC1. The number of aromatic nitrogens is 1. The molecular weight excluding hydrogens is 704 g/mol. The zero-order valence-corrected chi connectivity index (χ0v) is 32.1. The summed E-state index contributed by atoms with van der Waals surface area (Å²) in [6, 6.07) is 11.3. The molecule has 55 heavy (non-hydrogen) atoms. The molecule has 0 spiro atoms. The van der Waals surface area contributed by atoms with Crippen LogP contribution < -0.4 is 11.1 Å². The Balaban J connectivity index is 0.962. The number of ether oxygens (including phenoxy) is 2. The Labute approximate surface area is 321 Å². The van der Waals surface area contributed by atoms with Crippen molar-refractivity contribution in [3.63, 3.8) is 0 Å². The van der Waals surface area contributed by atoms with Gasteiger partial charge in [-0.15, -0.1) is 0 Å². The molecule has 14 nitrogen and oxygen atoms in total. The van der Waals surface area contributed by atoms with E-state index in [4.69, 9.17) is 13.9 Å². The summed E-state index contributed by atoms with van der Waals surface area (Å²) in [4.78, 5) is 75.4. The number of para-hydroxylation sites is 1. The van der Waals surface area contributed by atoms with Crippen molar-refractivity contribution in [2.24, 2.45) is 11.8 Å². The van der Waals surface area contributed by atoms with Crippen LogP contribution in [0.4, 0.5) is 15.3 Å². The number of esters is 1. The molecule has 1 aromatic heterocycles. The first-order valence-corrected chi connectivity index (χ1v) is 20.0. The summed E-state index contributed by atoms with van der Waals surface area (Å²) in [5.41, 5.74) is 4.48. The van der Waals surface area contributed by atoms with E-state index in [-0.39, 0.29) is 30.4 Å². The van der Waals surface area contributed by atoms with Crippen molar-refractivity contribution in [1.29, 1.82) is 0 Å². The van der Waals surface area contributed by atoms with E-state index >= 15 is 0 Å². The summed E-state index contributed by atoms with van der Waals surface area (Å²) in [5.74, 6) is 0.178. The highest BCUT2D eigenvalue weighted by Gasteiger charge is 2.37. The molecule has 7 rings (SSSR count). The number of aryl methyl sites for hydroxylation is 1. The van der Waals surface area contributed by atoms with Gasteiger partial charge in [-0.25, -0.2) is 14.4 Å². The van der Waals surface area contributed by atoms with Crippen LogP contribution in [-0.4, -0.2) is 120 Å². The Morgan fingerprint density at radius 2 is 1.58 bits per heavy atom. The zero-order chi connectivity index (χ0) is 38.5. The molecule has 3 saturated heterocycles. The van der Waals surface area contributed by atoms with Gasteiger partial charge in [-0.1, -0.05) is 24.3 Å². The van der Waals surface area contributed by atoms with Gasteiger partial charge in [0.15, 0.2) is 11.7 Å². The summed E-state index contributed by atoms with van der Waals surface area (Å²) in [5, 5.41) is 3.04. The molecule has 2 aromatic carbocycles.